The molecule has 0 aliphatic carbocycles. The molecule has 1 aromatic heterocycles. The Labute approximate surface area is 131 Å². The van der Waals surface area contributed by atoms with E-state index in [1.165, 1.54) is 4.88 Å². The summed E-state index contributed by atoms with van der Waals surface area (Å²) in [5.74, 6) is 0.167. The SMILES string of the molecule is O=C(CCCc1cccs1)NCCCN1CCC(O)CC1. The normalized spacial score (nSPS) is 17.0. The Morgan fingerprint density at radius 1 is 1.38 bits per heavy atom. The van der Waals surface area contributed by atoms with Gasteiger partial charge in [0.15, 0.2) is 0 Å². The molecule has 0 aromatic carbocycles. The van der Waals surface area contributed by atoms with E-state index in [1.807, 2.05) is 0 Å². The summed E-state index contributed by atoms with van der Waals surface area (Å²) in [5, 5.41) is 14.5. The number of hydrogen-bond donors (Lipinski definition) is 2. The fourth-order valence-corrected chi connectivity index (χ4v) is 3.39. The van der Waals surface area contributed by atoms with Crippen molar-refractivity contribution in [2.45, 2.75) is 44.6 Å². The molecule has 1 fully saturated rings. The van der Waals surface area contributed by atoms with Gasteiger partial charge in [0, 0.05) is 30.9 Å². The maximum atomic E-state index is 11.7. The van der Waals surface area contributed by atoms with Gasteiger partial charge in [0.2, 0.25) is 5.91 Å². The van der Waals surface area contributed by atoms with Gasteiger partial charge >= 0.3 is 0 Å². The van der Waals surface area contributed by atoms with Crippen molar-refractivity contribution in [3.05, 3.63) is 22.4 Å². The summed E-state index contributed by atoms with van der Waals surface area (Å²) in [6.07, 6.45) is 5.20. The molecule has 2 heterocycles. The molecule has 0 unspecified atom stereocenters. The van der Waals surface area contributed by atoms with Gasteiger partial charge in [-0.2, -0.15) is 0 Å². The Morgan fingerprint density at radius 3 is 2.90 bits per heavy atom. The smallest absolute Gasteiger partial charge is 0.220 e. The molecular formula is C16H26N2O2S. The molecule has 0 spiro atoms. The highest BCUT2D eigenvalue weighted by molar-refractivity contribution is 7.09. The zero-order valence-corrected chi connectivity index (χ0v) is 13.4. The number of carbonyl (C=O) groups excluding carboxylic acids is 1. The van der Waals surface area contributed by atoms with Crippen molar-refractivity contribution in [2.24, 2.45) is 0 Å². The van der Waals surface area contributed by atoms with E-state index in [1.54, 1.807) is 11.3 Å². The zero-order chi connectivity index (χ0) is 14.9. The number of aliphatic hydroxyl groups is 1. The lowest BCUT2D eigenvalue weighted by molar-refractivity contribution is -0.121. The maximum Gasteiger partial charge on any atom is 0.220 e. The minimum atomic E-state index is -0.107. The molecule has 1 aromatic rings. The van der Waals surface area contributed by atoms with Crippen LogP contribution < -0.4 is 5.32 Å². The maximum absolute atomic E-state index is 11.7. The lowest BCUT2D eigenvalue weighted by atomic mass is 10.1. The molecule has 21 heavy (non-hydrogen) atoms. The number of nitrogens with one attached hydrogen (secondary N) is 1. The molecule has 0 atom stereocenters. The molecule has 4 nitrogen and oxygen atoms in total. The van der Waals surface area contributed by atoms with E-state index >= 15 is 0 Å². The van der Waals surface area contributed by atoms with E-state index in [2.05, 4.69) is 27.7 Å². The molecule has 1 aliphatic heterocycles. The van der Waals surface area contributed by atoms with Gasteiger partial charge in [-0.1, -0.05) is 6.07 Å². The second kappa shape index (κ2) is 9.18. The molecule has 1 amide bonds. The quantitative estimate of drug-likeness (QED) is 0.723. The first kappa shape index (κ1) is 16.5. The number of carbonyl (C=O) groups is 1. The Kier molecular flexibility index (Phi) is 7.19. The third kappa shape index (κ3) is 6.59. The summed E-state index contributed by atoms with van der Waals surface area (Å²) >= 11 is 1.76. The molecule has 0 saturated carbocycles. The fourth-order valence-electron chi connectivity index (χ4n) is 2.64. The van der Waals surface area contributed by atoms with Crippen LogP contribution >= 0.6 is 11.3 Å². The highest BCUT2D eigenvalue weighted by atomic mass is 32.1. The third-order valence-electron chi connectivity index (χ3n) is 3.94. The standard InChI is InChI=1S/C16H26N2O2S/c19-14-7-11-18(12-8-14)10-3-9-17-16(20)6-1-4-15-5-2-13-21-15/h2,5,13-14,19H,1,3-4,6-12H2,(H,17,20). The van der Waals surface area contributed by atoms with Crippen LogP contribution in [-0.4, -0.2) is 48.2 Å². The first-order chi connectivity index (χ1) is 10.2. The zero-order valence-electron chi connectivity index (χ0n) is 12.6. The van der Waals surface area contributed by atoms with Crippen molar-refractivity contribution in [2.75, 3.05) is 26.2 Å². The molecule has 2 rings (SSSR count). The summed E-state index contributed by atoms with van der Waals surface area (Å²) in [6.45, 7) is 3.74. The molecule has 0 bridgehead atoms. The van der Waals surface area contributed by atoms with E-state index in [-0.39, 0.29) is 12.0 Å². The average molecular weight is 310 g/mol. The number of aryl methyl sites for hydroxylation is 1. The van der Waals surface area contributed by atoms with Crippen LogP contribution in [0.2, 0.25) is 0 Å². The van der Waals surface area contributed by atoms with Gasteiger partial charge in [0.05, 0.1) is 6.10 Å². The van der Waals surface area contributed by atoms with E-state index in [0.29, 0.717) is 6.42 Å². The third-order valence-corrected chi connectivity index (χ3v) is 4.87. The lowest BCUT2D eigenvalue weighted by Crippen LogP contribution is -2.37. The molecule has 5 heteroatoms. The van der Waals surface area contributed by atoms with Gasteiger partial charge in [-0.3, -0.25) is 4.79 Å². The number of aliphatic hydroxyl groups excluding tert-OH is 1. The van der Waals surface area contributed by atoms with Crippen LogP contribution in [0.25, 0.3) is 0 Å². The Bertz CT molecular complexity index is 400. The predicted molar refractivity (Wildman–Crippen MR) is 86.6 cm³/mol. The van der Waals surface area contributed by atoms with Gasteiger partial charge in [0.25, 0.3) is 0 Å². The summed E-state index contributed by atoms with van der Waals surface area (Å²) in [7, 11) is 0. The van der Waals surface area contributed by atoms with E-state index in [9.17, 15) is 9.90 Å². The molecular weight excluding hydrogens is 284 g/mol. The average Bonchev–Trinajstić information content (AvgIpc) is 2.99. The fraction of sp³-hybridized carbons (Fsp3) is 0.688. The van der Waals surface area contributed by atoms with Crippen LogP contribution in [0, 0.1) is 0 Å². The minimum absolute atomic E-state index is 0.107. The van der Waals surface area contributed by atoms with Gasteiger partial charge in [-0.05, 0) is 50.1 Å². The largest absolute Gasteiger partial charge is 0.393 e. The monoisotopic (exact) mass is 310 g/mol. The van der Waals surface area contributed by atoms with E-state index in [0.717, 1.165) is 58.3 Å². The van der Waals surface area contributed by atoms with Crippen LogP contribution in [0.3, 0.4) is 0 Å². The highest BCUT2D eigenvalue weighted by Crippen LogP contribution is 2.12. The van der Waals surface area contributed by atoms with Crippen LogP contribution in [0.15, 0.2) is 17.5 Å². The Morgan fingerprint density at radius 2 is 2.19 bits per heavy atom. The van der Waals surface area contributed by atoms with Crippen LogP contribution in [-0.2, 0) is 11.2 Å². The second-order valence-electron chi connectivity index (χ2n) is 5.71. The first-order valence-electron chi connectivity index (χ1n) is 7.93. The summed E-state index contributed by atoms with van der Waals surface area (Å²) < 4.78 is 0. The number of amides is 1. The van der Waals surface area contributed by atoms with Crippen LogP contribution in [0.1, 0.15) is 37.0 Å². The molecule has 1 aliphatic rings. The number of thiophene rings is 1. The Hall–Kier alpha value is -0.910. The predicted octanol–water partition coefficient (Wildman–Crippen LogP) is 2.03. The van der Waals surface area contributed by atoms with Gasteiger partial charge in [-0.15, -0.1) is 11.3 Å². The van der Waals surface area contributed by atoms with Crippen molar-refractivity contribution in [3.63, 3.8) is 0 Å². The van der Waals surface area contributed by atoms with Crippen LogP contribution in [0.4, 0.5) is 0 Å². The Balaban J connectivity index is 1.45. The first-order valence-corrected chi connectivity index (χ1v) is 8.81. The number of rotatable bonds is 8. The van der Waals surface area contributed by atoms with Crippen molar-refractivity contribution in [3.8, 4) is 0 Å². The summed E-state index contributed by atoms with van der Waals surface area (Å²) in [6, 6.07) is 4.18. The van der Waals surface area contributed by atoms with Crippen molar-refractivity contribution < 1.29 is 9.90 Å². The van der Waals surface area contributed by atoms with Gasteiger partial charge in [-0.25, -0.2) is 0 Å². The summed E-state index contributed by atoms with van der Waals surface area (Å²) in [4.78, 5) is 15.4. The molecule has 2 N–H and O–H groups in total. The number of hydrogen-bond acceptors (Lipinski definition) is 4. The van der Waals surface area contributed by atoms with Crippen LogP contribution in [0.5, 0.6) is 0 Å². The molecule has 118 valence electrons. The van der Waals surface area contributed by atoms with Crippen molar-refractivity contribution >= 4 is 17.2 Å². The van der Waals surface area contributed by atoms with E-state index in [4.69, 9.17) is 0 Å². The van der Waals surface area contributed by atoms with Crippen molar-refractivity contribution in [1.29, 1.82) is 0 Å². The summed E-state index contributed by atoms with van der Waals surface area (Å²) in [5.41, 5.74) is 0. The second-order valence-corrected chi connectivity index (χ2v) is 6.74. The van der Waals surface area contributed by atoms with E-state index < -0.39 is 0 Å². The van der Waals surface area contributed by atoms with Gasteiger partial charge < -0.3 is 15.3 Å². The number of piperidine rings is 1. The number of nitrogens with zero attached hydrogens (tertiary/aromatic N) is 1. The topological polar surface area (TPSA) is 52.6 Å². The van der Waals surface area contributed by atoms with Gasteiger partial charge in [0.1, 0.15) is 0 Å². The lowest BCUT2D eigenvalue weighted by Gasteiger charge is -2.29. The highest BCUT2D eigenvalue weighted by Gasteiger charge is 2.16. The minimum Gasteiger partial charge on any atom is -0.393 e. The van der Waals surface area contributed by atoms with Crippen molar-refractivity contribution in [1.82, 2.24) is 10.2 Å². The molecule has 0 radical (unpaired) electrons. The molecule has 1 saturated heterocycles. The number of likely N-dealkylation sites (tertiary alicyclic amines) is 1.